The molecule has 0 unspecified atom stereocenters. The largest absolute Gasteiger partial charge is 0.277 e. The molecule has 9 nitrogen and oxygen atoms in total. The number of benzene rings is 1. The minimum Gasteiger partial charge on any atom is -0.277 e. The van der Waals surface area contributed by atoms with E-state index in [2.05, 4.69) is 20.4 Å². The van der Waals surface area contributed by atoms with Gasteiger partial charge in [-0.3, -0.25) is 18.9 Å². The Morgan fingerprint density at radius 2 is 1.63 bits per heavy atom. The molecule has 0 N–H and O–H groups in total. The van der Waals surface area contributed by atoms with Crippen molar-refractivity contribution in [2.45, 2.75) is 0 Å². The molecule has 0 aliphatic carbocycles. The number of nitro benzene ring substituents is 1. The van der Waals surface area contributed by atoms with Crippen LogP contribution in [0.1, 0.15) is 0 Å². The van der Waals surface area contributed by atoms with E-state index in [1.807, 2.05) is 0 Å². The zero-order chi connectivity index (χ0) is 13.0. The molecular formula is C10H5N7O2. The van der Waals surface area contributed by atoms with Crippen LogP contribution < -0.4 is 0 Å². The summed E-state index contributed by atoms with van der Waals surface area (Å²) < 4.78 is 3.38. The average Bonchev–Trinajstić information content (AvgIpc) is 3.06. The van der Waals surface area contributed by atoms with Gasteiger partial charge in [-0.15, -0.1) is 20.4 Å². The van der Waals surface area contributed by atoms with Crippen LogP contribution in [0.2, 0.25) is 0 Å². The second kappa shape index (κ2) is 3.22. The van der Waals surface area contributed by atoms with Gasteiger partial charge in [0.05, 0.1) is 16.0 Å². The van der Waals surface area contributed by atoms with Gasteiger partial charge >= 0.3 is 0 Å². The predicted octanol–water partition coefficient (Wildman–Crippen LogP) is 0.833. The van der Waals surface area contributed by atoms with Crippen LogP contribution in [0.5, 0.6) is 0 Å². The lowest BCUT2D eigenvalue weighted by Crippen LogP contribution is -1.97. The standard InChI is InChI=1S/C10H5N7O2/c18-17(19)6-1-2-7-8(3-6)16-5-12-14-10(16)9-13-11-4-15(7)9/h1-5H. The van der Waals surface area contributed by atoms with Gasteiger partial charge in [-0.05, 0) is 6.07 Å². The lowest BCUT2D eigenvalue weighted by molar-refractivity contribution is -0.384. The van der Waals surface area contributed by atoms with E-state index >= 15 is 0 Å². The predicted molar refractivity (Wildman–Crippen MR) is 63.7 cm³/mol. The number of aromatic nitrogens is 6. The summed E-state index contributed by atoms with van der Waals surface area (Å²) in [7, 11) is 0. The first-order valence-electron chi connectivity index (χ1n) is 5.35. The third-order valence-corrected chi connectivity index (χ3v) is 2.98. The fourth-order valence-electron chi connectivity index (χ4n) is 2.15. The van der Waals surface area contributed by atoms with E-state index in [4.69, 9.17) is 0 Å². The Morgan fingerprint density at radius 1 is 1.00 bits per heavy atom. The second-order valence-electron chi connectivity index (χ2n) is 3.98. The second-order valence-corrected chi connectivity index (χ2v) is 3.98. The maximum atomic E-state index is 10.9. The van der Waals surface area contributed by atoms with E-state index in [1.54, 1.807) is 14.9 Å². The molecule has 0 saturated carbocycles. The van der Waals surface area contributed by atoms with Crippen LogP contribution >= 0.6 is 0 Å². The van der Waals surface area contributed by atoms with Gasteiger partial charge < -0.3 is 0 Å². The minimum atomic E-state index is -0.439. The Labute approximate surface area is 104 Å². The number of rotatable bonds is 1. The number of nitro groups is 1. The molecule has 0 amide bonds. The monoisotopic (exact) mass is 255 g/mol. The summed E-state index contributed by atoms with van der Waals surface area (Å²) in [5.74, 6) is 0. The van der Waals surface area contributed by atoms with Crippen molar-refractivity contribution in [3.05, 3.63) is 41.0 Å². The highest BCUT2D eigenvalue weighted by atomic mass is 16.6. The molecule has 3 aromatic heterocycles. The molecule has 0 bridgehead atoms. The van der Waals surface area contributed by atoms with Crippen LogP contribution in [0.25, 0.3) is 22.3 Å². The third-order valence-electron chi connectivity index (χ3n) is 2.98. The van der Waals surface area contributed by atoms with Gasteiger partial charge in [-0.1, -0.05) is 0 Å². The number of fused-ring (bicyclic) bond motifs is 6. The van der Waals surface area contributed by atoms with Crippen LogP contribution in [0, 0.1) is 10.1 Å². The van der Waals surface area contributed by atoms with Gasteiger partial charge in [-0.2, -0.15) is 0 Å². The molecule has 4 aromatic rings. The summed E-state index contributed by atoms with van der Waals surface area (Å²) >= 11 is 0. The van der Waals surface area contributed by atoms with E-state index in [1.165, 1.54) is 24.8 Å². The molecular weight excluding hydrogens is 250 g/mol. The summed E-state index contributed by atoms with van der Waals surface area (Å²) in [6.45, 7) is 0. The molecule has 0 spiro atoms. The average molecular weight is 255 g/mol. The first-order chi connectivity index (χ1) is 9.25. The van der Waals surface area contributed by atoms with E-state index in [0.29, 0.717) is 16.8 Å². The highest BCUT2D eigenvalue weighted by Gasteiger charge is 2.14. The first-order valence-corrected chi connectivity index (χ1v) is 5.35. The summed E-state index contributed by atoms with van der Waals surface area (Å²) in [4.78, 5) is 10.4. The summed E-state index contributed by atoms with van der Waals surface area (Å²) in [5, 5.41) is 26.5. The number of nitrogens with zero attached hydrogens (tertiary/aromatic N) is 7. The Bertz CT molecular complexity index is 954. The van der Waals surface area contributed by atoms with Crippen molar-refractivity contribution in [2.75, 3.05) is 0 Å². The summed E-state index contributed by atoms with van der Waals surface area (Å²) in [5.41, 5.74) is 2.44. The molecule has 0 atom stereocenters. The van der Waals surface area contributed by atoms with E-state index in [0.717, 1.165) is 5.52 Å². The maximum Gasteiger partial charge on any atom is 0.271 e. The molecule has 0 aliphatic heterocycles. The number of hydrogen-bond acceptors (Lipinski definition) is 6. The molecule has 0 aliphatic rings. The Balaban J connectivity index is 2.32. The Kier molecular flexibility index (Phi) is 1.67. The van der Waals surface area contributed by atoms with Gasteiger partial charge in [0.15, 0.2) is 0 Å². The van der Waals surface area contributed by atoms with Crippen molar-refractivity contribution in [3.63, 3.8) is 0 Å². The van der Waals surface area contributed by atoms with Crippen molar-refractivity contribution in [1.82, 2.24) is 29.2 Å². The fraction of sp³-hybridized carbons (Fsp3) is 0. The number of non-ortho nitro benzene ring substituents is 1. The molecule has 92 valence electrons. The van der Waals surface area contributed by atoms with Crippen LogP contribution in [-0.4, -0.2) is 34.1 Å². The Morgan fingerprint density at radius 3 is 2.26 bits per heavy atom. The normalized spacial score (nSPS) is 11.6. The van der Waals surface area contributed by atoms with E-state index in [-0.39, 0.29) is 5.69 Å². The van der Waals surface area contributed by atoms with Gasteiger partial charge in [0.25, 0.3) is 5.69 Å². The van der Waals surface area contributed by atoms with E-state index < -0.39 is 4.92 Å². The summed E-state index contributed by atoms with van der Waals surface area (Å²) in [6, 6.07) is 4.58. The summed E-state index contributed by atoms with van der Waals surface area (Å²) in [6.07, 6.45) is 3.04. The van der Waals surface area contributed by atoms with Gasteiger partial charge in [0.1, 0.15) is 12.7 Å². The topological polar surface area (TPSA) is 104 Å². The molecule has 19 heavy (non-hydrogen) atoms. The minimum absolute atomic E-state index is 0.00919. The van der Waals surface area contributed by atoms with E-state index in [9.17, 15) is 10.1 Å². The zero-order valence-electron chi connectivity index (χ0n) is 9.33. The lowest BCUT2D eigenvalue weighted by atomic mass is 10.2. The molecule has 0 radical (unpaired) electrons. The van der Waals surface area contributed by atoms with Crippen LogP contribution in [0.3, 0.4) is 0 Å². The van der Waals surface area contributed by atoms with Crippen molar-refractivity contribution in [1.29, 1.82) is 0 Å². The van der Waals surface area contributed by atoms with Gasteiger partial charge in [0, 0.05) is 12.1 Å². The Hall–Kier alpha value is -3.10. The first kappa shape index (κ1) is 9.88. The zero-order valence-corrected chi connectivity index (χ0v) is 9.33. The molecule has 0 saturated heterocycles. The third kappa shape index (κ3) is 1.18. The van der Waals surface area contributed by atoms with Gasteiger partial charge in [0.2, 0.25) is 11.3 Å². The lowest BCUT2D eigenvalue weighted by Gasteiger charge is -2.04. The highest BCUT2D eigenvalue weighted by molar-refractivity contribution is 5.86. The van der Waals surface area contributed by atoms with Crippen molar-refractivity contribution in [3.8, 4) is 0 Å². The smallest absolute Gasteiger partial charge is 0.271 e. The SMILES string of the molecule is O=[N+]([O-])c1ccc2c(c1)n1cnnc1c1nncn21. The van der Waals surface area contributed by atoms with Crippen molar-refractivity contribution < 1.29 is 4.92 Å². The molecule has 9 heteroatoms. The molecule has 1 aromatic carbocycles. The molecule has 4 rings (SSSR count). The molecule has 0 fully saturated rings. The number of hydrogen-bond donors (Lipinski definition) is 0. The van der Waals surface area contributed by atoms with Crippen LogP contribution in [-0.2, 0) is 0 Å². The van der Waals surface area contributed by atoms with Crippen molar-refractivity contribution in [2.24, 2.45) is 0 Å². The highest BCUT2D eigenvalue weighted by Crippen LogP contribution is 2.23. The van der Waals surface area contributed by atoms with Crippen LogP contribution in [0.15, 0.2) is 30.9 Å². The fourth-order valence-corrected chi connectivity index (χ4v) is 2.15. The van der Waals surface area contributed by atoms with Crippen molar-refractivity contribution >= 4 is 28.0 Å². The quantitative estimate of drug-likeness (QED) is 0.368. The van der Waals surface area contributed by atoms with Crippen LogP contribution in [0.4, 0.5) is 5.69 Å². The maximum absolute atomic E-state index is 10.9. The van der Waals surface area contributed by atoms with Gasteiger partial charge in [-0.25, -0.2) is 0 Å². The molecule has 3 heterocycles.